The molecule has 0 saturated heterocycles. The van der Waals surface area contributed by atoms with Gasteiger partial charge in [-0.2, -0.15) is 0 Å². The fourth-order valence-electron chi connectivity index (χ4n) is 1.03. The van der Waals surface area contributed by atoms with Crippen LogP contribution in [0.25, 0.3) is 0 Å². The van der Waals surface area contributed by atoms with Crippen LogP contribution in [0.2, 0.25) is 0 Å². The molecule has 3 nitrogen and oxygen atoms in total. The van der Waals surface area contributed by atoms with E-state index in [1.807, 2.05) is 18.4 Å². The molecule has 1 aliphatic heterocycles. The maximum absolute atomic E-state index is 5.63. The molecular weight excluding hydrogens is 138 g/mol. The van der Waals surface area contributed by atoms with Gasteiger partial charge in [0, 0.05) is 6.20 Å². The summed E-state index contributed by atoms with van der Waals surface area (Å²) in [6.07, 6.45) is 6.80. The van der Waals surface area contributed by atoms with E-state index in [1.165, 1.54) is 0 Å². The third kappa shape index (κ3) is 2.27. The smallest absolute Gasteiger partial charge is 0.0530 e. The van der Waals surface area contributed by atoms with Crippen molar-refractivity contribution in [2.75, 3.05) is 0 Å². The summed E-state index contributed by atoms with van der Waals surface area (Å²) < 4.78 is 0. The van der Waals surface area contributed by atoms with Crippen LogP contribution in [0.3, 0.4) is 0 Å². The summed E-state index contributed by atoms with van der Waals surface area (Å²) in [7, 11) is 0. The zero-order chi connectivity index (χ0) is 8.27. The molecule has 0 aromatic rings. The van der Waals surface area contributed by atoms with Gasteiger partial charge < -0.3 is 0 Å². The minimum absolute atomic E-state index is 0.639. The summed E-state index contributed by atoms with van der Waals surface area (Å²) in [6, 6.07) is 0. The summed E-state index contributed by atoms with van der Waals surface area (Å²) in [5, 5.41) is 1.56. The highest BCUT2D eigenvalue weighted by atomic mass is 15.7. The Kier molecular flexibility index (Phi) is 2.54. The molecule has 62 valence electrons. The molecule has 0 spiro atoms. The van der Waals surface area contributed by atoms with E-state index >= 15 is 0 Å². The van der Waals surface area contributed by atoms with Crippen molar-refractivity contribution in [1.29, 1.82) is 0 Å². The number of nitrogens with zero attached hydrogens (tertiary/aromatic N) is 1. The number of hydrogen-bond donors (Lipinski definition) is 2. The molecule has 0 fully saturated rings. The Morgan fingerprint density at radius 1 is 1.64 bits per heavy atom. The van der Waals surface area contributed by atoms with Crippen LogP contribution < -0.4 is 11.3 Å². The number of rotatable bonds is 2. The highest BCUT2D eigenvalue weighted by molar-refractivity contribution is 5.14. The van der Waals surface area contributed by atoms with E-state index in [-0.39, 0.29) is 0 Å². The van der Waals surface area contributed by atoms with Gasteiger partial charge in [0.05, 0.1) is 5.70 Å². The van der Waals surface area contributed by atoms with E-state index in [9.17, 15) is 0 Å². The van der Waals surface area contributed by atoms with Crippen molar-refractivity contribution < 1.29 is 0 Å². The summed E-state index contributed by atoms with van der Waals surface area (Å²) in [6.45, 7) is 4.35. The van der Waals surface area contributed by atoms with Crippen LogP contribution in [0, 0.1) is 5.92 Å². The Hall–Kier alpha value is -0.960. The predicted octanol–water partition coefficient (Wildman–Crippen LogP) is 1.12. The Balaban J connectivity index is 2.54. The highest BCUT2D eigenvalue weighted by Gasteiger charge is 2.07. The van der Waals surface area contributed by atoms with Crippen molar-refractivity contribution in [2.45, 2.75) is 20.3 Å². The van der Waals surface area contributed by atoms with E-state index in [0.29, 0.717) is 5.92 Å². The van der Waals surface area contributed by atoms with Crippen molar-refractivity contribution >= 4 is 0 Å². The Morgan fingerprint density at radius 3 is 2.91 bits per heavy atom. The van der Waals surface area contributed by atoms with Crippen molar-refractivity contribution in [2.24, 2.45) is 11.8 Å². The number of hydrazine groups is 2. The average molecular weight is 153 g/mol. The van der Waals surface area contributed by atoms with E-state index in [0.717, 1.165) is 12.1 Å². The Bertz CT molecular complexity index is 182. The summed E-state index contributed by atoms with van der Waals surface area (Å²) in [4.78, 5) is 0. The van der Waals surface area contributed by atoms with Crippen molar-refractivity contribution in [1.82, 2.24) is 10.5 Å². The lowest BCUT2D eigenvalue weighted by molar-refractivity contribution is 0.273. The normalized spacial score (nSPS) is 16.7. The molecule has 0 unspecified atom stereocenters. The van der Waals surface area contributed by atoms with Crippen molar-refractivity contribution in [3.05, 3.63) is 24.0 Å². The molecule has 3 heteroatoms. The molecule has 11 heavy (non-hydrogen) atoms. The zero-order valence-electron chi connectivity index (χ0n) is 7.04. The number of nitrogens with one attached hydrogen (secondary N) is 1. The highest BCUT2D eigenvalue weighted by Crippen LogP contribution is 2.12. The zero-order valence-corrected chi connectivity index (χ0v) is 7.04. The number of allylic oxidation sites excluding steroid dienone is 3. The van der Waals surface area contributed by atoms with Crippen LogP contribution in [-0.2, 0) is 0 Å². The van der Waals surface area contributed by atoms with Gasteiger partial charge >= 0.3 is 0 Å². The van der Waals surface area contributed by atoms with Gasteiger partial charge in [-0.3, -0.25) is 5.43 Å². The van der Waals surface area contributed by atoms with Crippen molar-refractivity contribution in [3.63, 3.8) is 0 Å². The minimum Gasteiger partial charge on any atom is -0.292 e. The van der Waals surface area contributed by atoms with Crippen LogP contribution in [-0.4, -0.2) is 5.12 Å². The van der Waals surface area contributed by atoms with E-state index in [2.05, 4.69) is 19.3 Å². The SMILES string of the molecule is CC(C)CC1=CC=CNN1N. The van der Waals surface area contributed by atoms with E-state index < -0.39 is 0 Å². The molecular formula is C8H15N3. The fraction of sp³-hybridized carbons (Fsp3) is 0.500. The van der Waals surface area contributed by atoms with Crippen LogP contribution in [0.15, 0.2) is 24.0 Å². The van der Waals surface area contributed by atoms with Gasteiger partial charge in [0.1, 0.15) is 0 Å². The molecule has 0 atom stereocenters. The molecule has 1 rings (SSSR count). The fourth-order valence-corrected chi connectivity index (χ4v) is 1.03. The topological polar surface area (TPSA) is 41.3 Å². The predicted molar refractivity (Wildman–Crippen MR) is 45.8 cm³/mol. The van der Waals surface area contributed by atoms with Crippen LogP contribution in [0.5, 0.6) is 0 Å². The second-order valence-electron chi connectivity index (χ2n) is 3.11. The first kappa shape index (κ1) is 8.14. The van der Waals surface area contributed by atoms with Crippen LogP contribution >= 0.6 is 0 Å². The first-order valence-corrected chi connectivity index (χ1v) is 3.87. The first-order chi connectivity index (χ1) is 5.20. The van der Waals surface area contributed by atoms with Gasteiger partial charge in [0.15, 0.2) is 0 Å². The number of hydrogen-bond acceptors (Lipinski definition) is 3. The molecule has 1 heterocycles. The number of nitrogens with two attached hydrogens (primary N) is 1. The average Bonchev–Trinajstić information content (AvgIpc) is 1.93. The summed E-state index contributed by atoms with van der Waals surface area (Å²) in [5.41, 5.74) is 4.03. The molecule has 0 saturated carbocycles. The maximum Gasteiger partial charge on any atom is 0.0530 e. The second-order valence-corrected chi connectivity index (χ2v) is 3.11. The molecule has 0 amide bonds. The first-order valence-electron chi connectivity index (χ1n) is 3.87. The van der Waals surface area contributed by atoms with Gasteiger partial charge in [-0.25, -0.2) is 11.0 Å². The Labute approximate surface area is 67.5 Å². The van der Waals surface area contributed by atoms with Gasteiger partial charge in [-0.15, -0.1) is 0 Å². The van der Waals surface area contributed by atoms with Gasteiger partial charge in [0.25, 0.3) is 0 Å². The maximum atomic E-state index is 5.63. The Morgan fingerprint density at radius 2 is 2.36 bits per heavy atom. The second kappa shape index (κ2) is 3.44. The lowest BCUT2D eigenvalue weighted by atomic mass is 10.1. The molecule has 0 bridgehead atoms. The van der Waals surface area contributed by atoms with Crippen LogP contribution in [0.4, 0.5) is 0 Å². The van der Waals surface area contributed by atoms with E-state index in [4.69, 9.17) is 5.84 Å². The molecule has 0 radical (unpaired) electrons. The van der Waals surface area contributed by atoms with E-state index in [1.54, 1.807) is 5.12 Å². The third-order valence-electron chi connectivity index (χ3n) is 1.53. The lowest BCUT2D eigenvalue weighted by Crippen LogP contribution is -2.41. The largest absolute Gasteiger partial charge is 0.292 e. The quantitative estimate of drug-likeness (QED) is 0.584. The standard InChI is InChI=1S/C8H15N3/c1-7(2)6-8-4-3-5-10-11(8)9/h3-5,7,10H,6,9H2,1-2H3. The third-order valence-corrected chi connectivity index (χ3v) is 1.53. The lowest BCUT2D eigenvalue weighted by Gasteiger charge is -2.24. The minimum atomic E-state index is 0.639. The molecule has 0 aliphatic carbocycles. The van der Waals surface area contributed by atoms with Crippen molar-refractivity contribution in [3.8, 4) is 0 Å². The molecule has 1 aliphatic rings. The monoisotopic (exact) mass is 153 g/mol. The summed E-state index contributed by atoms with van der Waals surface area (Å²) in [5.74, 6) is 6.27. The molecule has 0 aromatic heterocycles. The van der Waals surface area contributed by atoms with Gasteiger partial charge in [-0.1, -0.05) is 13.8 Å². The van der Waals surface area contributed by atoms with Gasteiger partial charge in [-0.05, 0) is 24.5 Å². The van der Waals surface area contributed by atoms with Crippen LogP contribution in [0.1, 0.15) is 20.3 Å². The summed E-state index contributed by atoms with van der Waals surface area (Å²) >= 11 is 0. The molecule has 0 aromatic carbocycles. The van der Waals surface area contributed by atoms with Gasteiger partial charge in [0.2, 0.25) is 0 Å². The molecule has 3 N–H and O–H groups in total.